The van der Waals surface area contributed by atoms with Gasteiger partial charge in [-0.05, 0) is 112 Å². The Hall–Kier alpha value is -3.49. The van der Waals surface area contributed by atoms with Crippen LogP contribution in [0.5, 0.6) is 5.75 Å². The van der Waals surface area contributed by atoms with E-state index in [1.807, 2.05) is 59.0 Å². The number of carbonyl (C=O) groups is 2. The fraction of sp³-hybridized carbons (Fsp3) is 0.538. The van der Waals surface area contributed by atoms with E-state index in [1.54, 1.807) is 11.1 Å². The van der Waals surface area contributed by atoms with Crippen LogP contribution in [0, 0.1) is 11.2 Å². The molecule has 0 bridgehead atoms. The molecule has 2 aliphatic carbocycles. The molecule has 47 heavy (non-hydrogen) atoms. The summed E-state index contributed by atoms with van der Waals surface area (Å²) in [7, 11) is 5.87. The number of nitrogens with one attached hydrogen (secondary N) is 2. The molecule has 1 heterocycles. The first-order valence-electron chi connectivity index (χ1n) is 16.9. The zero-order valence-corrected chi connectivity index (χ0v) is 30.2. The maximum Gasteiger partial charge on any atom is 0.266 e. The van der Waals surface area contributed by atoms with E-state index in [0.29, 0.717) is 28.8 Å². The topological polar surface area (TPSA) is 73.9 Å². The molecule has 3 aliphatic rings. The van der Waals surface area contributed by atoms with Gasteiger partial charge in [-0.1, -0.05) is 52.0 Å². The van der Waals surface area contributed by atoms with E-state index in [4.69, 9.17) is 9.53 Å². The molecule has 3 fully saturated rings. The Balaban J connectivity index is 0.000000537. The summed E-state index contributed by atoms with van der Waals surface area (Å²) in [6.45, 7) is 23.4. The second-order valence-corrected chi connectivity index (χ2v) is 13.2. The molecule has 2 aromatic rings. The largest absolute Gasteiger partial charge is 0.490 e. The first-order valence-corrected chi connectivity index (χ1v) is 16.9. The quantitative estimate of drug-likeness (QED) is 0.221. The molecule has 1 aliphatic heterocycles. The summed E-state index contributed by atoms with van der Waals surface area (Å²) in [5, 5.41) is 4.58. The molecule has 1 saturated heterocycles. The molecule has 0 unspecified atom stereocenters. The fourth-order valence-corrected chi connectivity index (χ4v) is 5.84. The first-order chi connectivity index (χ1) is 22.5. The minimum absolute atomic E-state index is 0.154. The minimum Gasteiger partial charge on any atom is -0.490 e. The molecule has 0 atom stereocenters. The molecule has 262 valence electrons. The monoisotopic (exact) mass is 652 g/mol. The van der Waals surface area contributed by atoms with Crippen molar-refractivity contribution in [1.29, 1.82) is 0 Å². The number of halogens is 1. The fourth-order valence-electron chi connectivity index (χ4n) is 5.84. The lowest BCUT2D eigenvalue weighted by atomic mass is 9.76. The van der Waals surface area contributed by atoms with Gasteiger partial charge >= 0.3 is 0 Å². The van der Waals surface area contributed by atoms with Gasteiger partial charge in [0.15, 0.2) is 0 Å². The van der Waals surface area contributed by atoms with Crippen LogP contribution in [0.15, 0.2) is 61.8 Å². The summed E-state index contributed by atoms with van der Waals surface area (Å²) in [6.07, 6.45) is 8.97. The van der Waals surface area contributed by atoms with Gasteiger partial charge < -0.3 is 19.7 Å². The van der Waals surface area contributed by atoms with E-state index in [0.717, 1.165) is 61.8 Å². The number of hydrogen-bond acceptors (Lipinski definition) is 6. The summed E-state index contributed by atoms with van der Waals surface area (Å²) < 4.78 is 21.4. The van der Waals surface area contributed by atoms with Crippen LogP contribution in [0.2, 0.25) is 0 Å². The average Bonchev–Trinajstić information content (AvgIpc) is 3.67. The van der Waals surface area contributed by atoms with Gasteiger partial charge in [-0.2, -0.15) is 0 Å². The van der Waals surface area contributed by atoms with Crippen LogP contribution < -0.4 is 15.5 Å². The van der Waals surface area contributed by atoms with E-state index in [2.05, 4.69) is 56.3 Å². The Kier molecular flexibility index (Phi) is 18.9. The van der Waals surface area contributed by atoms with Gasteiger partial charge in [0.1, 0.15) is 18.4 Å². The summed E-state index contributed by atoms with van der Waals surface area (Å²) in [6, 6.07) is 10.8. The summed E-state index contributed by atoms with van der Waals surface area (Å²) >= 11 is 0. The predicted molar refractivity (Wildman–Crippen MR) is 195 cm³/mol. The number of benzene rings is 2. The zero-order valence-electron chi connectivity index (χ0n) is 30.2. The maximum absolute atomic E-state index is 15.0. The maximum atomic E-state index is 15.0. The smallest absolute Gasteiger partial charge is 0.266 e. The van der Waals surface area contributed by atoms with Crippen molar-refractivity contribution in [3.05, 3.63) is 78.8 Å². The molecular formula is C39H61FN4O3. The average molecular weight is 653 g/mol. The molecule has 2 saturated carbocycles. The lowest BCUT2D eigenvalue weighted by molar-refractivity contribution is -0.0980. The predicted octanol–water partition coefficient (Wildman–Crippen LogP) is 8.38. The molecule has 0 radical (unpaired) electrons. The number of ether oxygens (including phenoxy) is 1. The molecule has 1 amide bonds. The third-order valence-corrected chi connectivity index (χ3v) is 8.76. The molecule has 7 nitrogen and oxygen atoms in total. The highest BCUT2D eigenvalue weighted by Crippen LogP contribution is 2.46. The van der Waals surface area contributed by atoms with Crippen molar-refractivity contribution in [3.8, 4) is 16.9 Å². The summed E-state index contributed by atoms with van der Waals surface area (Å²) in [4.78, 5) is 23.5. The van der Waals surface area contributed by atoms with Crippen molar-refractivity contribution in [2.75, 3.05) is 40.8 Å². The van der Waals surface area contributed by atoms with Crippen LogP contribution in [0.3, 0.4) is 0 Å². The van der Waals surface area contributed by atoms with E-state index in [-0.39, 0.29) is 23.7 Å². The number of likely N-dealkylation sites (tertiary alicyclic amines) is 1. The van der Waals surface area contributed by atoms with Crippen molar-refractivity contribution in [2.45, 2.75) is 91.1 Å². The van der Waals surface area contributed by atoms with E-state index in [9.17, 15) is 9.18 Å². The molecule has 0 spiro atoms. The number of rotatable bonds is 8. The van der Waals surface area contributed by atoms with Gasteiger partial charge in [-0.15, -0.1) is 13.2 Å². The van der Waals surface area contributed by atoms with E-state index < -0.39 is 0 Å². The zero-order chi connectivity index (χ0) is 35.6. The van der Waals surface area contributed by atoms with Crippen LogP contribution in [0.4, 0.5) is 4.39 Å². The molecule has 2 N–H and O–H groups in total. The number of hydrazine groups is 1. The number of hydrogen-bond donors (Lipinski definition) is 2. The number of nitrogens with zero attached hydrogens (tertiary/aromatic N) is 2. The second kappa shape index (κ2) is 21.4. The molecule has 5 rings (SSSR count). The number of amides is 1. The standard InChI is InChI=1S/C25H31FN2O2.C7H15N.C4H9N.C2H4.CH2O/c1-3-28(2)27-25(29)20-14-8-16-22(30-18-11-4-5-12-18)24(20)19-13-7-15-21(26)23(19)17-9-6-10-17;1-7(2)4-5-8(3)6-7;1-4(2)5-3;2*1-2/h7-8,13-18H,3-6,9-12H2,1-2H3,(H,27,29);4-6H2,1-3H3;5H,1H2,2-3H3;1-2H2;1H2. The third kappa shape index (κ3) is 13.3. The van der Waals surface area contributed by atoms with Crippen LogP contribution in [-0.2, 0) is 4.79 Å². The van der Waals surface area contributed by atoms with Gasteiger partial charge in [-0.3, -0.25) is 10.2 Å². The van der Waals surface area contributed by atoms with E-state index >= 15 is 0 Å². The van der Waals surface area contributed by atoms with Crippen LogP contribution in [0.25, 0.3) is 11.1 Å². The van der Waals surface area contributed by atoms with Crippen LogP contribution >= 0.6 is 0 Å². The Labute approximate surface area is 284 Å². The minimum atomic E-state index is -0.199. The molecular weight excluding hydrogens is 591 g/mol. The summed E-state index contributed by atoms with van der Waals surface area (Å²) in [5.41, 5.74) is 7.27. The lowest BCUT2D eigenvalue weighted by Crippen LogP contribution is -2.39. The highest BCUT2D eigenvalue weighted by molar-refractivity contribution is 6.02. The van der Waals surface area contributed by atoms with Crippen molar-refractivity contribution in [1.82, 2.24) is 20.7 Å². The van der Waals surface area contributed by atoms with Crippen LogP contribution in [-0.4, -0.2) is 69.5 Å². The highest BCUT2D eigenvalue weighted by atomic mass is 19.1. The van der Waals surface area contributed by atoms with E-state index in [1.165, 1.54) is 25.6 Å². The van der Waals surface area contributed by atoms with Crippen molar-refractivity contribution < 1.29 is 18.7 Å². The van der Waals surface area contributed by atoms with Crippen LogP contribution in [0.1, 0.15) is 101 Å². The number of allylic oxidation sites excluding steroid dienone is 1. The van der Waals surface area contributed by atoms with Gasteiger partial charge in [0.2, 0.25) is 0 Å². The SMILES string of the molecule is C=C.C=C(C)NC.C=O.CCN(C)NC(=O)c1cccc(OC2CCCC2)c1-c1cccc(F)c1C1CCC1.CN1CCC(C)(C)C1. The van der Waals surface area contributed by atoms with Crippen molar-refractivity contribution in [2.24, 2.45) is 5.41 Å². The summed E-state index contributed by atoms with van der Waals surface area (Å²) in [5.74, 6) is 0.495. The lowest BCUT2D eigenvalue weighted by Gasteiger charge is -2.30. The van der Waals surface area contributed by atoms with Crippen molar-refractivity contribution in [3.63, 3.8) is 0 Å². The molecule has 8 heteroatoms. The Morgan fingerprint density at radius 2 is 1.66 bits per heavy atom. The Morgan fingerprint density at radius 3 is 2.11 bits per heavy atom. The normalized spacial score (nSPS) is 16.8. The Bertz CT molecular complexity index is 1240. The first kappa shape index (κ1) is 41.5. The Morgan fingerprint density at radius 1 is 1.06 bits per heavy atom. The van der Waals surface area contributed by atoms with Crippen molar-refractivity contribution >= 4 is 12.7 Å². The van der Waals surface area contributed by atoms with Gasteiger partial charge in [0.25, 0.3) is 5.91 Å². The second-order valence-electron chi connectivity index (χ2n) is 13.2. The van der Waals surface area contributed by atoms with Gasteiger partial charge in [0, 0.05) is 32.7 Å². The highest BCUT2D eigenvalue weighted by Gasteiger charge is 2.30. The third-order valence-electron chi connectivity index (χ3n) is 8.76. The van der Waals surface area contributed by atoms with Gasteiger partial charge in [-0.25, -0.2) is 9.40 Å². The molecule has 2 aromatic carbocycles. The van der Waals surface area contributed by atoms with Gasteiger partial charge in [0.05, 0.1) is 11.7 Å². The molecule has 0 aromatic heterocycles. The number of carbonyl (C=O) groups excluding carboxylic acids is 2.